The van der Waals surface area contributed by atoms with E-state index in [0.717, 1.165) is 122 Å². The Morgan fingerprint density at radius 2 is 0.659 bits per heavy atom. The van der Waals surface area contributed by atoms with Crippen LogP contribution in [0.1, 0.15) is 328 Å². The minimum atomic E-state index is -4.35. The lowest BCUT2D eigenvalue weighted by Gasteiger charge is -2.26. The Balaban J connectivity index is 4.09. The zero-order chi connectivity index (χ0) is 66.2. The van der Waals surface area contributed by atoms with E-state index in [1.54, 1.807) is 0 Å². The highest BCUT2D eigenvalue weighted by atomic mass is 31.2. The molecule has 0 bridgehead atoms. The highest BCUT2D eigenvalue weighted by Gasteiger charge is 2.28. The molecule has 3 atom stereocenters. The number of amides is 1. The van der Waals surface area contributed by atoms with E-state index in [2.05, 4.69) is 153 Å². The topological polar surface area (TPSA) is 105 Å². The van der Waals surface area contributed by atoms with Crippen LogP contribution in [0, 0.1) is 0 Å². The molecule has 0 spiro atoms. The van der Waals surface area contributed by atoms with Gasteiger partial charge in [0.2, 0.25) is 5.91 Å². The molecular formula is C82H146N2O6P+. The third kappa shape index (κ3) is 73.9. The van der Waals surface area contributed by atoms with Gasteiger partial charge in [0, 0.05) is 6.42 Å². The van der Waals surface area contributed by atoms with Crippen molar-refractivity contribution < 1.29 is 32.9 Å². The van der Waals surface area contributed by atoms with E-state index in [1.807, 2.05) is 21.1 Å². The number of rotatable bonds is 69. The van der Waals surface area contributed by atoms with E-state index in [1.165, 1.54) is 180 Å². The van der Waals surface area contributed by atoms with Crippen molar-refractivity contribution in [3.8, 4) is 0 Å². The summed E-state index contributed by atoms with van der Waals surface area (Å²) in [4.78, 5) is 23.5. The van der Waals surface area contributed by atoms with Crippen LogP contribution in [-0.4, -0.2) is 73.4 Å². The molecule has 0 aromatic heterocycles. The average Bonchev–Trinajstić information content (AvgIpc) is 3.59. The Morgan fingerprint density at radius 1 is 0.385 bits per heavy atom. The largest absolute Gasteiger partial charge is 0.472 e. The van der Waals surface area contributed by atoms with Crippen LogP contribution < -0.4 is 5.32 Å². The lowest BCUT2D eigenvalue weighted by molar-refractivity contribution is -0.870. The number of likely N-dealkylation sites (N-methyl/N-ethyl adjacent to an activating group) is 1. The number of phosphoric ester groups is 1. The molecule has 0 radical (unpaired) electrons. The second kappa shape index (κ2) is 70.9. The molecule has 0 rings (SSSR count). The lowest BCUT2D eigenvalue weighted by Crippen LogP contribution is -2.46. The SMILES string of the molecule is CC/C=C\C/C=C\C/C=C\C/C=C\C/C=C\C/C=C\C/C=C\C/C=C\C/C=C\C/C=C\C/C=C\CCCCCCCCCC(=O)NC(COP(=O)(O)OCC[N+](C)(C)C)C(O)CCCCCCCCCCCCCCCCCCCCCCCCCCCCCC. The summed E-state index contributed by atoms with van der Waals surface area (Å²) in [7, 11) is 1.60. The fraction of sp³-hybridized carbons (Fsp3) is 0.720. The van der Waals surface area contributed by atoms with Crippen molar-refractivity contribution in [1.29, 1.82) is 0 Å². The van der Waals surface area contributed by atoms with Crippen LogP contribution in [0.5, 0.6) is 0 Å². The fourth-order valence-corrected chi connectivity index (χ4v) is 11.6. The normalized spacial score (nSPS) is 14.3. The number of unbranched alkanes of at least 4 members (excludes halogenated alkanes) is 34. The Kier molecular flexibility index (Phi) is 68.3. The first-order chi connectivity index (χ1) is 44.5. The van der Waals surface area contributed by atoms with E-state index < -0.39 is 20.0 Å². The molecule has 0 aliphatic carbocycles. The minimum Gasteiger partial charge on any atom is -0.391 e. The van der Waals surface area contributed by atoms with Crippen molar-refractivity contribution in [2.45, 2.75) is 341 Å². The van der Waals surface area contributed by atoms with Gasteiger partial charge in [0.05, 0.1) is 39.9 Å². The van der Waals surface area contributed by atoms with Gasteiger partial charge in [0.1, 0.15) is 13.2 Å². The molecule has 0 saturated carbocycles. The van der Waals surface area contributed by atoms with Crippen molar-refractivity contribution in [3.05, 3.63) is 134 Å². The summed E-state index contributed by atoms with van der Waals surface area (Å²) in [6.07, 6.45) is 107. The van der Waals surface area contributed by atoms with Gasteiger partial charge in [-0.15, -0.1) is 0 Å². The van der Waals surface area contributed by atoms with E-state index in [4.69, 9.17) is 9.05 Å². The number of nitrogens with one attached hydrogen (secondary N) is 1. The molecule has 0 heterocycles. The van der Waals surface area contributed by atoms with Crippen molar-refractivity contribution in [2.24, 2.45) is 0 Å². The number of aliphatic hydroxyl groups is 1. The van der Waals surface area contributed by atoms with Crippen LogP contribution >= 0.6 is 7.82 Å². The standard InChI is InChI=1S/C82H145N2O6P/c1-6-8-10-12-14-16-18-20-22-24-26-28-30-32-34-36-37-38-39-40-41-42-43-44-45-46-47-48-50-52-54-56-58-60-62-64-66-68-70-72-74-76-82(86)83-80(79-90-91(87,88)89-78-77-84(3,4)5)81(85)75-73-71-69-67-65-63-61-59-57-55-53-51-49-35-33-31-29-27-25-23-21-19-17-15-13-11-9-7-2/h8,10,14,16,20,22,26,28,32,34,37-38,40-41,43-44,46-47,50,52,56,58,80-81,85H,6-7,9,11-13,15,17-19,21,23-25,27,29-31,33,35-36,39,42,45,48-49,51,53-55,57,59-79H2,1-5H3,(H-,83,86,87,88)/p+1/b10-8-,16-14-,22-20-,28-26-,34-32-,38-37-,41-40-,44-43-,47-46-,52-50-,58-56-. The van der Waals surface area contributed by atoms with Gasteiger partial charge >= 0.3 is 7.82 Å². The molecule has 0 saturated heterocycles. The average molecular weight is 1290 g/mol. The molecule has 9 heteroatoms. The number of hydrogen-bond donors (Lipinski definition) is 3. The molecule has 524 valence electrons. The van der Waals surface area contributed by atoms with Crippen LogP contribution in [0.15, 0.2) is 134 Å². The van der Waals surface area contributed by atoms with Crippen molar-refractivity contribution in [1.82, 2.24) is 5.32 Å². The lowest BCUT2D eigenvalue weighted by atomic mass is 10.0. The Labute approximate surface area is 564 Å². The molecule has 91 heavy (non-hydrogen) atoms. The first-order valence-corrected chi connectivity index (χ1v) is 39.5. The predicted octanol–water partition coefficient (Wildman–Crippen LogP) is 24.9. The zero-order valence-electron chi connectivity index (χ0n) is 60.0. The summed E-state index contributed by atoms with van der Waals surface area (Å²) in [5.41, 5.74) is 0. The number of aliphatic hydroxyl groups excluding tert-OH is 1. The van der Waals surface area contributed by atoms with Crippen LogP contribution in [0.2, 0.25) is 0 Å². The Morgan fingerprint density at radius 3 is 0.967 bits per heavy atom. The third-order valence-corrected chi connectivity index (χ3v) is 17.6. The summed E-state index contributed by atoms with van der Waals surface area (Å²) in [5.74, 6) is -0.156. The van der Waals surface area contributed by atoms with Gasteiger partial charge in [-0.2, -0.15) is 0 Å². The molecule has 8 nitrogen and oxygen atoms in total. The molecular weight excluding hydrogens is 1140 g/mol. The van der Waals surface area contributed by atoms with Crippen LogP contribution in [0.25, 0.3) is 0 Å². The number of carbonyl (C=O) groups excluding carboxylic acids is 1. The van der Waals surface area contributed by atoms with E-state index >= 15 is 0 Å². The molecule has 0 fully saturated rings. The Bertz CT molecular complexity index is 1950. The van der Waals surface area contributed by atoms with Crippen LogP contribution in [0.3, 0.4) is 0 Å². The maximum atomic E-state index is 13.1. The monoisotopic (exact) mass is 1290 g/mol. The molecule has 0 aromatic carbocycles. The third-order valence-electron chi connectivity index (χ3n) is 16.7. The zero-order valence-corrected chi connectivity index (χ0v) is 60.9. The summed E-state index contributed by atoms with van der Waals surface area (Å²) in [6.45, 7) is 4.79. The summed E-state index contributed by atoms with van der Waals surface area (Å²) >= 11 is 0. The second-order valence-corrected chi connectivity index (χ2v) is 28.1. The number of hydrogen-bond acceptors (Lipinski definition) is 5. The van der Waals surface area contributed by atoms with Gasteiger partial charge in [-0.1, -0.05) is 359 Å². The predicted molar refractivity (Wildman–Crippen MR) is 401 cm³/mol. The first-order valence-electron chi connectivity index (χ1n) is 38.0. The van der Waals surface area contributed by atoms with E-state index in [9.17, 15) is 19.4 Å². The van der Waals surface area contributed by atoms with Crippen molar-refractivity contribution in [2.75, 3.05) is 40.9 Å². The first kappa shape index (κ1) is 87.6. The number of allylic oxidation sites excluding steroid dienone is 22. The number of nitrogens with zero attached hydrogens (tertiary/aromatic N) is 1. The molecule has 3 unspecified atom stereocenters. The fourth-order valence-electron chi connectivity index (χ4n) is 10.8. The van der Waals surface area contributed by atoms with Crippen LogP contribution in [0.4, 0.5) is 0 Å². The quantitative estimate of drug-likeness (QED) is 0.0243. The van der Waals surface area contributed by atoms with Gasteiger partial charge in [-0.3, -0.25) is 13.8 Å². The van der Waals surface area contributed by atoms with Gasteiger partial charge in [-0.05, 0) is 96.3 Å². The van der Waals surface area contributed by atoms with Gasteiger partial charge < -0.3 is 19.8 Å². The molecule has 0 aliphatic heterocycles. The summed E-state index contributed by atoms with van der Waals surface area (Å²) in [5, 5.41) is 14.2. The van der Waals surface area contributed by atoms with Gasteiger partial charge in [0.25, 0.3) is 0 Å². The Hall–Kier alpha value is -3.36. The van der Waals surface area contributed by atoms with Crippen molar-refractivity contribution in [3.63, 3.8) is 0 Å². The van der Waals surface area contributed by atoms with Crippen molar-refractivity contribution >= 4 is 13.7 Å². The van der Waals surface area contributed by atoms with Gasteiger partial charge in [0.15, 0.2) is 0 Å². The molecule has 3 N–H and O–H groups in total. The molecule has 0 aliphatic rings. The number of quaternary nitrogens is 1. The summed E-state index contributed by atoms with van der Waals surface area (Å²) in [6, 6.07) is -0.778. The highest BCUT2D eigenvalue weighted by molar-refractivity contribution is 7.47. The van der Waals surface area contributed by atoms with E-state index in [0.29, 0.717) is 23.9 Å². The van der Waals surface area contributed by atoms with Gasteiger partial charge in [-0.25, -0.2) is 4.57 Å². The second-order valence-electron chi connectivity index (χ2n) is 26.7. The highest BCUT2D eigenvalue weighted by Crippen LogP contribution is 2.43. The maximum Gasteiger partial charge on any atom is 0.472 e. The van der Waals surface area contributed by atoms with Crippen LogP contribution in [-0.2, 0) is 18.4 Å². The maximum absolute atomic E-state index is 13.1. The number of carbonyl (C=O) groups is 1. The minimum absolute atomic E-state index is 0.0667. The van der Waals surface area contributed by atoms with E-state index in [-0.39, 0.29) is 19.1 Å². The molecule has 0 aromatic rings. The summed E-state index contributed by atoms with van der Waals surface area (Å²) < 4.78 is 23.9. The smallest absolute Gasteiger partial charge is 0.391 e. The number of phosphoric acid groups is 1. The molecule has 1 amide bonds.